The molecule has 0 amide bonds. The Kier molecular flexibility index (Phi) is 4.45. The Balaban J connectivity index is 2.17. The van der Waals surface area contributed by atoms with Crippen LogP contribution < -0.4 is 10.1 Å². The Bertz CT molecular complexity index is 632. The molecule has 0 saturated heterocycles. The lowest BCUT2D eigenvalue weighted by Gasteiger charge is -2.11. The quantitative estimate of drug-likeness (QED) is 0.894. The van der Waals surface area contributed by atoms with Gasteiger partial charge in [0.25, 0.3) is 0 Å². The summed E-state index contributed by atoms with van der Waals surface area (Å²) in [5.41, 5.74) is 1.06. The smallest absolute Gasteiger partial charge is 0.152 e. The third kappa shape index (κ3) is 3.02. The largest absolute Gasteiger partial charge is 0.495 e. The molecular weight excluding hydrogens is 284 g/mol. The Morgan fingerprint density at radius 2 is 1.95 bits per heavy atom. The zero-order chi connectivity index (χ0) is 14.7. The minimum atomic E-state index is -0.618. The summed E-state index contributed by atoms with van der Waals surface area (Å²) in [6.45, 7) is 1.85. The maximum Gasteiger partial charge on any atom is 0.152 e. The van der Waals surface area contributed by atoms with E-state index in [4.69, 9.17) is 16.3 Å². The minimum absolute atomic E-state index is 0.128. The lowest BCUT2D eigenvalue weighted by Crippen LogP contribution is -2.05. The molecule has 0 bridgehead atoms. The van der Waals surface area contributed by atoms with E-state index in [2.05, 4.69) is 5.32 Å². The third-order valence-corrected chi connectivity index (χ3v) is 3.27. The van der Waals surface area contributed by atoms with Gasteiger partial charge in [-0.25, -0.2) is 8.78 Å². The van der Waals surface area contributed by atoms with Crippen LogP contribution in [0.5, 0.6) is 5.75 Å². The summed E-state index contributed by atoms with van der Waals surface area (Å²) in [6.07, 6.45) is 0. The molecule has 0 spiro atoms. The molecule has 2 rings (SSSR count). The van der Waals surface area contributed by atoms with Crippen LogP contribution in [0.4, 0.5) is 14.5 Å². The van der Waals surface area contributed by atoms with E-state index in [9.17, 15) is 8.78 Å². The van der Waals surface area contributed by atoms with Crippen molar-refractivity contribution in [1.82, 2.24) is 0 Å². The molecule has 0 atom stereocenters. The molecule has 0 saturated carbocycles. The molecule has 0 heterocycles. The summed E-state index contributed by atoms with van der Waals surface area (Å²) < 4.78 is 32.4. The highest BCUT2D eigenvalue weighted by molar-refractivity contribution is 6.32. The standard InChI is InChI=1S/C15H14ClF2NO/c1-9-3-5-12(17)15(14(9)18)19-8-10-4-6-13(20-2)11(16)7-10/h3-7,19H,8H2,1-2H3. The number of anilines is 1. The first kappa shape index (κ1) is 14.6. The van der Waals surface area contributed by atoms with Crippen molar-refractivity contribution in [3.05, 3.63) is 58.1 Å². The number of methoxy groups -OCH3 is 1. The lowest BCUT2D eigenvalue weighted by molar-refractivity contribution is 0.415. The van der Waals surface area contributed by atoms with Gasteiger partial charge in [-0.15, -0.1) is 0 Å². The van der Waals surface area contributed by atoms with E-state index in [0.717, 1.165) is 5.56 Å². The van der Waals surface area contributed by atoms with Crippen LogP contribution in [-0.2, 0) is 6.54 Å². The lowest BCUT2D eigenvalue weighted by atomic mass is 10.1. The fraction of sp³-hybridized carbons (Fsp3) is 0.200. The van der Waals surface area contributed by atoms with Gasteiger partial charge in [-0.1, -0.05) is 23.7 Å². The maximum atomic E-state index is 13.8. The van der Waals surface area contributed by atoms with Crippen LogP contribution in [0.15, 0.2) is 30.3 Å². The number of benzene rings is 2. The SMILES string of the molecule is COc1ccc(CNc2c(F)ccc(C)c2F)cc1Cl. The topological polar surface area (TPSA) is 21.3 Å². The van der Waals surface area contributed by atoms with Crippen molar-refractivity contribution in [1.29, 1.82) is 0 Å². The molecule has 20 heavy (non-hydrogen) atoms. The predicted octanol–water partition coefficient (Wildman–Crippen LogP) is 4.55. The van der Waals surface area contributed by atoms with Crippen LogP contribution >= 0.6 is 11.6 Å². The first-order chi connectivity index (χ1) is 9.52. The van der Waals surface area contributed by atoms with Crippen LogP contribution in [0, 0.1) is 18.6 Å². The first-order valence-corrected chi connectivity index (χ1v) is 6.41. The summed E-state index contributed by atoms with van der Waals surface area (Å²) in [6, 6.07) is 7.83. The third-order valence-electron chi connectivity index (χ3n) is 2.97. The van der Waals surface area contributed by atoms with Crippen molar-refractivity contribution in [2.75, 3.05) is 12.4 Å². The van der Waals surface area contributed by atoms with Gasteiger partial charge >= 0.3 is 0 Å². The van der Waals surface area contributed by atoms with Crippen LogP contribution in [0.2, 0.25) is 5.02 Å². The molecule has 0 fully saturated rings. The van der Waals surface area contributed by atoms with Crippen molar-refractivity contribution < 1.29 is 13.5 Å². The molecule has 2 nitrogen and oxygen atoms in total. The summed E-state index contributed by atoms with van der Waals surface area (Å²) in [7, 11) is 1.52. The zero-order valence-electron chi connectivity index (χ0n) is 11.1. The van der Waals surface area contributed by atoms with Gasteiger partial charge in [-0.3, -0.25) is 0 Å². The van der Waals surface area contributed by atoms with E-state index < -0.39 is 11.6 Å². The molecule has 0 unspecified atom stereocenters. The molecular formula is C15H14ClF2NO. The minimum Gasteiger partial charge on any atom is -0.495 e. The maximum absolute atomic E-state index is 13.8. The Labute approximate surface area is 121 Å². The predicted molar refractivity (Wildman–Crippen MR) is 76.4 cm³/mol. The van der Waals surface area contributed by atoms with Gasteiger partial charge in [0.05, 0.1) is 12.1 Å². The normalized spacial score (nSPS) is 10.4. The number of hydrogen-bond donors (Lipinski definition) is 1. The average molecular weight is 298 g/mol. The van der Waals surface area contributed by atoms with Gasteiger partial charge in [0.2, 0.25) is 0 Å². The molecule has 0 aliphatic heterocycles. The van der Waals surface area contributed by atoms with Crippen LogP contribution in [0.1, 0.15) is 11.1 Å². The molecule has 2 aromatic rings. The average Bonchev–Trinajstić information content (AvgIpc) is 2.43. The summed E-state index contributed by atoms with van der Waals surface area (Å²) in [5, 5.41) is 3.21. The van der Waals surface area contributed by atoms with Crippen molar-refractivity contribution in [3.63, 3.8) is 0 Å². The number of aryl methyl sites for hydroxylation is 1. The second-order valence-electron chi connectivity index (χ2n) is 4.38. The number of ether oxygens (including phenoxy) is 1. The number of halogens is 3. The first-order valence-electron chi connectivity index (χ1n) is 6.04. The van der Waals surface area contributed by atoms with Gasteiger partial charge in [0.15, 0.2) is 5.82 Å². The summed E-state index contributed by atoms with van der Waals surface area (Å²) in [4.78, 5) is 0. The van der Waals surface area contributed by atoms with Gasteiger partial charge in [0.1, 0.15) is 17.3 Å². The zero-order valence-corrected chi connectivity index (χ0v) is 11.9. The second-order valence-corrected chi connectivity index (χ2v) is 4.78. The van der Waals surface area contributed by atoms with E-state index in [1.807, 2.05) is 0 Å². The van der Waals surface area contributed by atoms with Gasteiger partial charge in [-0.05, 0) is 36.2 Å². The monoisotopic (exact) mass is 297 g/mol. The Morgan fingerprint density at radius 1 is 1.20 bits per heavy atom. The van der Waals surface area contributed by atoms with E-state index in [0.29, 0.717) is 16.3 Å². The molecule has 1 N–H and O–H groups in total. The molecule has 106 valence electrons. The van der Waals surface area contributed by atoms with Crippen molar-refractivity contribution >= 4 is 17.3 Å². The number of hydrogen-bond acceptors (Lipinski definition) is 2. The highest BCUT2D eigenvalue weighted by Gasteiger charge is 2.11. The van der Waals surface area contributed by atoms with Gasteiger partial charge < -0.3 is 10.1 Å². The van der Waals surface area contributed by atoms with Crippen molar-refractivity contribution in [2.45, 2.75) is 13.5 Å². The molecule has 0 aromatic heterocycles. The highest BCUT2D eigenvalue weighted by Crippen LogP contribution is 2.26. The van der Waals surface area contributed by atoms with E-state index in [-0.39, 0.29) is 12.2 Å². The van der Waals surface area contributed by atoms with Gasteiger partial charge in [-0.2, -0.15) is 0 Å². The highest BCUT2D eigenvalue weighted by atomic mass is 35.5. The number of nitrogens with one attached hydrogen (secondary N) is 1. The van der Waals surface area contributed by atoms with Crippen LogP contribution in [0.3, 0.4) is 0 Å². The van der Waals surface area contributed by atoms with Crippen LogP contribution in [-0.4, -0.2) is 7.11 Å². The second kappa shape index (κ2) is 6.09. The summed E-state index contributed by atoms with van der Waals surface area (Å²) >= 11 is 6.00. The van der Waals surface area contributed by atoms with Gasteiger partial charge in [0, 0.05) is 6.54 Å². The van der Waals surface area contributed by atoms with E-state index in [1.54, 1.807) is 25.1 Å². The molecule has 5 heteroatoms. The molecule has 0 aliphatic carbocycles. The Hall–Kier alpha value is -1.81. The van der Waals surface area contributed by atoms with Crippen molar-refractivity contribution in [2.24, 2.45) is 0 Å². The Morgan fingerprint density at radius 3 is 2.60 bits per heavy atom. The van der Waals surface area contributed by atoms with Crippen LogP contribution in [0.25, 0.3) is 0 Å². The molecule has 2 aromatic carbocycles. The molecule has 0 aliphatic rings. The molecule has 0 radical (unpaired) electrons. The fourth-order valence-corrected chi connectivity index (χ4v) is 2.11. The summed E-state index contributed by atoms with van der Waals surface area (Å²) in [5.74, 6) is -0.638. The van der Waals surface area contributed by atoms with Crippen molar-refractivity contribution in [3.8, 4) is 5.75 Å². The van der Waals surface area contributed by atoms with E-state index in [1.165, 1.54) is 19.2 Å². The number of rotatable bonds is 4. The van der Waals surface area contributed by atoms with E-state index >= 15 is 0 Å². The fourth-order valence-electron chi connectivity index (χ4n) is 1.83.